The van der Waals surface area contributed by atoms with Crippen LogP contribution in [0, 0.1) is 0 Å². The van der Waals surface area contributed by atoms with Gasteiger partial charge in [-0.15, -0.1) is 0 Å². The van der Waals surface area contributed by atoms with Crippen molar-refractivity contribution in [1.29, 1.82) is 0 Å². The van der Waals surface area contributed by atoms with Crippen molar-refractivity contribution in [3.63, 3.8) is 0 Å². The van der Waals surface area contributed by atoms with Crippen molar-refractivity contribution in [2.45, 2.75) is 50.2 Å². The van der Waals surface area contributed by atoms with Gasteiger partial charge in [-0.3, -0.25) is 9.59 Å². The van der Waals surface area contributed by atoms with Crippen molar-refractivity contribution < 1.29 is 23.9 Å². The standard InChI is InChI=1S/C15H25NO5S2/c1-16-15(19)20-9-4-5-12(17)11-21-14(18)7-3-2-6-13-8-10-22-23-13/h13H,2-11H2,1H3,(H,16,19). The van der Waals surface area contributed by atoms with Crippen LogP contribution in [0.5, 0.6) is 0 Å². The number of carbonyl (C=O) groups excluding carboxylic acids is 3. The van der Waals surface area contributed by atoms with Crippen molar-refractivity contribution in [3.05, 3.63) is 0 Å². The molecular weight excluding hydrogens is 338 g/mol. The minimum atomic E-state index is -0.515. The van der Waals surface area contributed by atoms with Gasteiger partial charge in [0, 0.05) is 30.9 Å². The van der Waals surface area contributed by atoms with E-state index in [2.05, 4.69) is 5.32 Å². The highest BCUT2D eigenvalue weighted by Gasteiger charge is 2.16. The second-order valence-electron chi connectivity index (χ2n) is 5.26. The van der Waals surface area contributed by atoms with Crippen LogP contribution in [0.2, 0.25) is 0 Å². The molecule has 0 aliphatic carbocycles. The molecule has 1 rings (SSSR count). The van der Waals surface area contributed by atoms with E-state index in [0.29, 0.717) is 12.8 Å². The van der Waals surface area contributed by atoms with Gasteiger partial charge in [0.15, 0.2) is 5.78 Å². The molecule has 1 saturated heterocycles. The van der Waals surface area contributed by atoms with E-state index in [1.807, 2.05) is 21.6 Å². The molecule has 0 aromatic rings. The lowest BCUT2D eigenvalue weighted by Gasteiger charge is -2.07. The number of alkyl carbamates (subject to hydrolysis) is 1. The van der Waals surface area contributed by atoms with E-state index >= 15 is 0 Å². The number of carbonyl (C=O) groups is 3. The number of hydrogen-bond acceptors (Lipinski definition) is 7. The molecule has 1 N–H and O–H groups in total. The Bertz CT molecular complexity index is 386. The van der Waals surface area contributed by atoms with E-state index in [1.54, 1.807) is 0 Å². The van der Waals surface area contributed by atoms with E-state index in [0.717, 1.165) is 24.5 Å². The van der Waals surface area contributed by atoms with Gasteiger partial charge >= 0.3 is 12.1 Å². The van der Waals surface area contributed by atoms with Gasteiger partial charge in [0.1, 0.15) is 6.61 Å². The fourth-order valence-electron chi connectivity index (χ4n) is 2.02. The van der Waals surface area contributed by atoms with Crippen molar-refractivity contribution in [2.24, 2.45) is 0 Å². The number of esters is 1. The first-order valence-electron chi connectivity index (χ1n) is 7.92. The summed E-state index contributed by atoms with van der Waals surface area (Å²) in [7, 11) is 5.34. The number of amides is 1. The van der Waals surface area contributed by atoms with Gasteiger partial charge in [-0.25, -0.2) is 4.79 Å². The van der Waals surface area contributed by atoms with Crippen molar-refractivity contribution >= 4 is 39.4 Å². The summed E-state index contributed by atoms with van der Waals surface area (Å²) in [5, 5.41) is 3.05. The Hall–Kier alpha value is -0.890. The fraction of sp³-hybridized carbons (Fsp3) is 0.800. The molecule has 0 bridgehead atoms. The maximum Gasteiger partial charge on any atom is 0.406 e. The minimum absolute atomic E-state index is 0.154. The lowest BCUT2D eigenvalue weighted by Crippen LogP contribution is -2.20. The Morgan fingerprint density at radius 3 is 2.65 bits per heavy atom. The molecule has 1 fully saturated rings. The summed E-state index contributed by atoms with van der Waals surface area (Å²) in [6.45, 7) is -0.00918. The molecule has 0 aromatic heterocycles. The molecule has 1 heterocycles. The van der Waals surface area contributed by atoms with Gasteiger partial charge in [0.25, 0.3) is 0 Å². The van der Waals surface area contributed by atoms with Crippen LogP contribution < -0.4 is 5.32 Å². The number of rotatable bonds is 11. The monoisotopic (exact) mass is 363 g/mol. The van der Waals surface area contributed by atoms with Gasteiger partial charge in [-0.2, -0.15) is 0 Å². The highest BCUT2D eigenvalue weighted by Crippen LogP contribution is 2.39. The summed E-state index contributed by atoms with van der Waals surface area (Å²) in [4.78, 5) is 33.9. The predicted molar refractivity (Wildman–Crippen MR) is 92.5 cm³/mol. The number of Topliss-reactive ketones (excluding diaryl/α,β-unsaturated/α-hetero) is 1. The first-order chi connectivity index (χ1) is 11.1. The van der Waals surface area contributed by atoms with Crippen molar-refractivity contribution in [3.8, 4) is 0 Å². The van der Waals surface area contributed by atoms with E-state index < -0.39 is 6.09 Å². The Labute approximate surface area is 145 Å². The topological polar surface area (TPSA) is 81.7 Å². The number of unbranched alkanes of at least 4 members (excludes halogenated alkanes) is 1. The quantitative estimate of drug-likeness (QED) is 0.343. The molecule has 1 aliphatic heterocycles. The third-order valence-corrected chi connectivity index (χ3v) is 6.32. The molecule has 0 aromatic carbocycles. The summed E-state index contributed by atoms with van der Waals surface area (Å²) < 4.78 is 9.72. The molecule has 1 unspecified atom stereocenters. The Morgan fingerprint density at radius 1 is 1.13 bits per heavy atom. The second-order valence-corrected chi connectivity index (χ2v) is 8.05. The van der Waals surface area contributed by atoms with Gasteiger partial charge in [0.2, 0.25) is 0 Å². The third-order valence-electron chi connectivity index (χ3n) is 3.32. The van der Waals surface area contributed by atoms with E-state index in [1.165, 1.54) is 19.2 Å². The average molecular weight is 364 g/mol. The van der Waals surface area contributed by atoms with Gasteiger partial charge < -0.3 is 14.8 Å². The van der Waals surface area contributed by atoms with Gasteiger partial charge in [0.05, 0.1) is 6.61 Å². The van der Waals surface area contributed by atoms with Crippen molar-refractivity contribution in [2.75, 3.05) is 26.0 Å². The molecule has 6 nitrogen and oxygen atoms in total. The normalized spacial score (nSPS) is 16.8. The number of hydrogen-bond donors (Lipinski definition) is 1. The Balaban J connectivity index is 1.93. The largest absolute Gasteiger partial charge is 0.458 e. The average Bonchev–Trinajstić information content (AvgIpc) is 3.06. The van der Waals surface area contributed by atoms with Crippen LogP contribution in [0.15, 0.2) is 0 Å². The molecule has 0 spiro atoms. The summed E-state index contributed by atoms with van der Waals surface area (Å²) >= 11 is 0. The van der Waals surface area contributed by atoms with Gasteiger partial charge in [-0.1, -0.05) is 28.0 Å². The first kappa shape index (κ1) is 20.2. The number of nitrogens with one attached hydrogen (secondary N) is 1. The smallest absolute Gasteiger partial charge is 0.406 e. The molecule has 0 radical (unpaired) electrons. The summed E-state index contributed by atoms with van der Waals surface area (Å²) in [6.07, 6.45) is 4.78. The maximum absolute atomic E-state index is 11.5. The number of ether oxygens (including phenoxy) is 2. The van der Waals surface area contributed by atoms with Crippen LogP contribution in [-0.2, 0) is 19.1 Å². The van der Waals surface area contributed by atoms with Crippen molar-refractivity contribution in [1.82, 2.24) is 5.32 Å². The van der Waals surface area contributed by atoms with E-state index in [9.17, 15) is 14.4 Å². The molecule has 23 heavy (non-hydrogen) atoms. The highest BCUT2D eigenvalue weighted by molar-refractivity contribution is 8.77. The van der Waals surface area contributed by atoms with Crippen LogP contribution >= 0.6 is 21.6 Å². The lowest BCUT2D eigenvalue weighted by atomic mass is 10.1. The fourth-order valence-corrected chi connectivity index (χ4v) is 5.05. The van der Waals surface area contributed by atoms with Crippen LogP contribution in [0.4, 0.5) is 4.79 Å². The van der Waals surface area contributed by atoms with Crippen LogP contribution in [0.25, 0.3) is 0 Å². The zero-order chi connectivity index (χ0) is 16.9. The second kappa shape index (κ2) is 12.5. The van der Waals surface area contributed by atoms with E-state index in [-0.39, 0.29) is 31.4 Å². The zero-order valence-corrected chi connectivity index (χ0v) is 15.1. The lowest BCUT2D eigenvalue weighted by molar-refractivity contribution is -0.148. The summed E-state index contributed by atoms with van der Waals surface area (Å²) in [5.74, 6) is 0.764. The molecule has 8 heteroatoms. The Kier molecular flexibility index (Phi) is 11.0. The van der Waals surface area contributed by atoms with Crippen LogP contribution in [-0.4, -0.2) is 49.1 Å². The highest BCUT2D eigenvalue weighted by atomic mass is 33.1. The van der Waals surface area contributed by atoms with Gasteiger partial charge in [-0.05, 0) is 25.7 Å². The predicted octanol–water partition coefficient (Wildman–Crippen LogP) is 2.95. The Morgan fingerprint density at radius 2 is 1.96 bits per heavy atom. The molecule has 1 amide bonds. The van der Waals surface area contributed by atoms with E-state index in [4.69, 9.17) is 9.47 Å². The number of ketones is 1. The molecular formula is C15H25NO5S2. The molecule has 132 valence electrons. The molecule has 1 atom stereocenters. The minimum Gasteiger partial charge on any atom is -0.458 e. The first-order valence-corrected chi connectivity index (χ1v) is 10.3. The maximum atomic E-state index is 11.5. The zero-order valence-electron chi connectivity index (χ0n) is 13.5. The molecule has 0 saturated carbocycles. The third kappa shape index (κ3) is 10.5. The summed E-state index contributed by atoms with van der Waals surface area (Å²) in [5.41, 5.74) is 0. The molecule has 1 aliphatic rings. The summed E-state index contributed by atoms with van der Waals surface area (Å²) in [6, 6.07) is 0. The van der Waals surface area contributed by atoms with Crippen LogP contribution in [0.3, 0.4) is 0 Å². The SMILES string of the molecule is CNC(=O)OCCCC(=O)COC(=O)CCCCC1CCSS1. The van der Waals surface area contributed by atoms with Crippen LogP contribution in [0.1, 0.15) is 44.9 Å².